The minimum atomic E-state index is 1.32. The Balaban J connectivity index is 0.000000114. The Bertz CT molecular complexity index is 2590. The summed E-state index contributed by atoms with van der Waals surface area (Å²) in [6.45, 7) is 13.0. The van der Waals surface area contributed by atoms with Gasteiger partial charge in [0.05, 0.1) is 0 Å². The monoisotopic (exact) mass is 618 g/mol. The molecule has 0 heterocycles. The topological polar surface area (TPSA) is 0 Å². The predicted molar refractivity (Wildman–Crippen MR) is 213 cm³/mol. The summed E-state index contributed by atoms with van der Waals surface area (Å²) in [6.07, 6.45) is 0. The summed E-state index contributed by atoms with van der Waals surface area (Å²) in [6, 6.07) is 52.7. The number of rotatable bonds is 0. The molecule has 0 fully saturated rings. The lowest BCUT2D eigenvalue weighted by Crippen LogP contribution is -1.83. The van der Waals surface area contributed by atoms with Gasteiger partial charge in [-0.15, -0.1) is 0 Å². The average molecular weight is 619 g/mol. The molecule has 9 aromatic rings. The first-order valence-corrected chi connectivity index (χ1v) is 16.9. The van der Waals surface area contributed by atoms with E-state index >= 15 is 0 Å². The maximum atomic E-state index is 2.30. The predicted octanol–water partition coefficient (Wildman–Crippen LogP) is 13.8. The van der Waals surface area contributed by atoms with E-state index < -0.39 is 0 Å². The molecule has 0 N–H and O–H groups in total. The van der Waals surface area contributed by atoms with E-state index in [1.165, 1.54) is 98.0 Å². The Morgan fingerprint density at radius 1 is 0.250 bits per heavy atom. The van der Waals surface area contributed by atoms with Crippen LogP contribution in [0.2, 0.25) is 0 Å². The van der Waals surface area contributed by atoms with E-state index in [1.54, 1.807) is 0 Å². The standard InChI is InChI=1S/3C16H14/c1-11-6-9-15-14(10-11)8-7-13-5-3-4-12(2)16(13)15;1-11-9-14-8-7-13-5-3-4-6-15(13)16(14)10-12(11)2;1-11-7-8-15-14-6-4-3-5-13(14)10-12(2)16(15)9-11/h3*3-10H,1-2H3. The number of fused-ring (bicyclic) bond motifs is 9. The van der Waals surface area contributed by atoms with E-state index in [2.05, 4.69) is 187 Å². The van der Waals surface area contributed by atoms with Gasteiger partial charge in [0.25, 0.3) is 0 Å². The second kappa shape index (κ2) is 13.0. The zero-order valence-corrected chi connectivity index (χ0v) is 28.9. The van der Waals surface area contributed by atoms with Crippen molar-refractivity contribution < 1.29 is 0 Å². The fourth-order valence-electron chi connectivity index (χ4n) is 7.10. The molecule has 0 radical (unpaired) electrons. The molecule has 0 saturated heterocycles. The Morgan fingerprint density at radius 3 is 1.54 bits per heavy atom. The summed E-state index contributed by atoms with van der Waals surface area (Å²) in [4.78, 5) is 0. The maximum absolute atomic E-state index is 2.30. The lowest BCUT2D eigenvalue weighted by atomic mass is 9.97. The van der Waals surface area contributed by atoms with Gasteiger partial charge in [-0.05, 0) is 128 Å². The molecule has 234 valence electrons. The highest BCUT2D eigenvalue weighted by molar-refractivity contribution is 6.10. The van der Waals surface area contributed by atoms with Crippen molar-refractivity contribution in [2.75, 3.05) is 0 Å². The first kappa shape index (κ1) is 31.2. The molecule has 0 heteroatoms. The minimum Gasteiger partial charge on any atom is -0.0616 e. The smallest absolute Gasteiger partial charge is 0.00761 e. The van der Waals surface area contributed by atoms with Crippen LogP contribution in [0, 0.1) is 41.5 Å². The summed E-state index contributed by atoms with van der Waals surface area (Å²) in [5.74, 6) is 0. The fourth-order valence-corrected chi connectivity index (χ4v) is 7.10. The van der Waals surface area contributed by atoms with Gasteiger partial charge < -0.3 is 0 Å². The van der Waals surface area contributed by atoms with Gasteiger partial charge >= 0.3 is 0 Å². The van der Waals surface area contributed by atoms with Crippen LogP contribution in [0.15, 0.2) is 146 Å². The van der Waals surface area contributed by atoms with Crippen molar-refractivity contribution in [1.29, 1.82) is 0 Å². The molecule has 9 aromatic carbocycles. The molecule has 0 aliphatic rings. The molecule has 0 nitrogen and oxygen atoms in total. The summed E-state index contributed by atoms with van der Waals surface area (Å²) >= 11 is 0. The van der Waals surface area contributed by atoms with E-state index in [4.69, 9.17) is 0 Å². The summed E-state index contributed by atoms with van der Waals surface area (Å²) in [5.41, 5.74) is 8.09. The van der Waals surface area contributed by atoms with Crippen molar-refractivity contribution in [3.8, 4) is 0 Å². The van der Waals surface area contributed by atoms with Gasteiger partial charge in [0.1, 0.15) is 0 Å². The zero-order valence-electron chi connectivity index (χ0n) is 28.9. The first-order valence-electron chi connectivity index (χ1n) is 16.9. The summed E-state index contributed by atoms with van der Waals surface area (Å²) in [5, 5.41) is 16.2. The van der Waals surface area contributed by atoms with Gasteiger partial charge in [-0.2, -0.15) is 0 Å². The Morgan fingerprint density at radius 2 is 0.771 bits per heavy atom. The number of benzene rings is 9. The first-order chi connectivity index (χ1) is 23.3. The van der Waals surface area contributed by atoms with Crippen LogP contribution in [0.25, 0.3) is 64.6 Å². The number of hydrogen-bond donors (Lipinski definition) is 0. The second-order valence-corrected chi connectivity index (χ2v) is 13.4. The second-order valence-electron chi connectivity index (χ2n) is 13.4. The highest BCUT2D eigenvalue weighted by Crippen LogP contribution is 2.31. The molecule has 9 rings (SSSR count). The van der Waals surface area contributed by atoms with Gasteiger partial charge in [0.2, 0.25) is 0 Å². The summed E-state index contributed by atoms with van der Waals surface area (Å²) in [7, 11) is 0. The van der Waals surface area contributed by atoms with Crippen LogP contribution in [0.1, 0.15) is 33.4 Å². The Kier molecular flexibility index (Phi) is 8.42. The molecular formula is C48H42. The van der Waals surface area contributed by atoms with Gasteiger partial charge in [-0.25, -0.2) is 0 Å². The Labute approximate surface area is 284 Å². The minimum absolute atomic E-state index is 1.32. The van der Waals surface area contributed by atoms with Crippen molar-refractivity contribution in [2.45, 2.75) is 41.5 Å². The Hall–Kier alpha value is -5.46. The van der Waals surface area contributed by atoms with Crippen molar-refractivity contribution in [3.63, 3.8) is 0 Å². The molecule has 0 saturated carbocycles. The van der Waals surface area contributed by atoms with Gasteiger partial charge in [-0.3, -0.25) is 0 Å². The molecule has 48 heavy (non-hydrogen) atoms. The van der Waals surface area contributed by atoms with Crippen LogP contribution in [-0.4, -0.2) is 0 Å². The largest absolute Gasteiger partial charge is 0.0616 e. The maximum Gasteiger partial charge on any atom is -0.00761 e. The molecule has 0 bridgehead atoms. The van der Waals surface area contributed by atoms with Gasteiger partial charge in [-0.1, -0.05) is 157 Å². The summed E-state index contributed by atoms with van der Waals surface area (Å²) < 4.78 is 0. The van der Waals surface area contributed by atoms with Crippen LogP contribution in [0.3, 0.4) is 0 Å². The van der Waals surface area contributed by atoms with Crippen LogP contribution in [0.4, 0.5) is 0 Å². The normalized spacial score (nSPS) is 11.1. The van der Waals surface area contributed by atoms with Crippen molar-refractivity contribution in [3.05, 3.63) is 179 Å². The van der Waals surface area contributed by atoms with Crippen molar-refractivity contribution in [1.82, 2.24) is 0 Å². The van der Waals surface area contributed by atoms with Gasteiger partial charge in [0, 0.05) is 0 Å². The van der Waals surface area contributed by atoms with Crippen LogP contribution in [0.5, 0.6) is 0 Å². The van der Waals surface area contributed by atoms with Crippen LogP contribution in [-0.2, 0) is 0 Å². The highest BCUT2D eigenvalue weighted by Gasteiger charge is 2.05. The lowest BCUT2D eigenvalue weighted by molar-refractivity contribution is 1.37. The van der Waals surface area contributed by atoms with Crippen LogP contribution < -0.4 is 0 Å². The molecule has 0 unspecified atom stereocenters. The van der Waals surface area contributed by atoms with Crippen LogP contribution >= 0.6 is 0 Å². The molecule has 0 spiro atoms. The van der Waals surface area contributed by atoms with Gasteiger partial charge in [0.15, 0.2) is 0 Å². The zero-order chi connectivity index (χ0) is 33.4. The van der Waals surface area contributed by atoms with Crippen molar-refractivity contribution in [2.24, 2.45) is 0 Å². The molecule has 0 aliphatic heterocycles. The molecule has 0 aromatic heterocycles. The molecule has 0 atom stereocenters. The molecule has 0 amide bonds. The van der Waals surface area contributed by atoms with E-state index in [1.807, 2.05) is 0 Å². The third-order valence-corrected chi connectivity index (χ3v) is 9.81. The number of aryl methyl sites for hydroxylation is 6. The lowest BCUT2D eigenvalue weighted by Gasteiger charge is -2.08. The number of hydrogen-bond acceptors (Lipinski definition) is 0. The van der Waals surface area contributed by atoms with E-state index in [9.17, 15) is 0 Å². The highest BCUT2D eigenvalue weighted by atomic mass is 14.1. The van der Waals surface area contributed by atoms with E-state index in [-0.39, 0.29) is 0 Å². The van der Waals surface area contributed by atoms with E-state index in [0.717, 1.165) is 0 Å². The SMILES string of the molecule is Cc1cc2ccc3ccccc3c2cc1C.Cc1ccc2c(c1)c(C)cc1ccccc12.Cc1ccc2c(ccc3cccc(C)c32)c1. The quantitative estimate of drug-likeness (QED) is 0.148. The average Bonchev–Trinajstić information content (AvgIpc) is 3.09. The van der Waals surface area contributed by atoms with E-state index in [0.29, 0.717) is 0 Å². The molecule has 0 aliphatic carbocycles. The third kappa shape index (κ3) is 6.03. The molecular weight excluding hydrogens is 577 g/mol. The third-order valence-electron chi connectivity index (χ3n) is 9.81. The van der Waals surface area contributed by atoms with Crippen molar-refractivity contribution >= 4 is 64.6 Å². The fraction of sp³-hybridized carbons (Fsp3) is 0.125.